The van der Waals surface area contributed by atoms with Gasteiger partial charge in [-0.15, -0.1) is 11.3 Å². The van der Waals surface area contributed by atoms with E-state index < -0.39 is 0 Å². The van der Waals surface area contributed by atoms with Crippen LogP contribution in [0.2, 0.25) is 0 Å². The topological polar surface area (TPSA) is 38.1 Å². The third-order valence-electron chi connectivity index (χ3n) is 3.91. The largest absolute Gasteiger partial charge is 0.348 e. The second kappa shape index (κ2) is 5.05. The standard InChI is InChI=1S/C15H19N3OS/c1-4-12-13-6-5-7-17(13)8-9-18(12)15(19)14-10(2)16-11(3)20-14/h5-7,12H,4,8-9H2,1-3H3. The molecule has 0 saturated carbocycles. The Morgan fingerprint density at radius 2 is 2.25 bits per heavy atom. The first-order valence-electron chi connectivity index (χ1n) is 7.02. The van der Waals surface area contributed by atoms with Gasteiger partial charge in [-0.3, -0.25) is 4.79 Å². The van der Waals surface area contributed by atoms with Gasteiger partial charge in [0, 0.05) is 25.0 Å². The summed E-state index contributed by atoms with van der Waals surface area (Å²) in [4.78, 5) is 20.0. The molecule has 0 spiro atoms. The Morgan fingerprint density at radius 1 is 1.45 bits per heavy atom. The molecule has 0 N–H and O–H groups in total. The quantitative estimate of drug-likeness (QED) is 0.851. The van der Waals surface area contributed by atoms with Crippen molar-refractivity contribution in [3.05, 3.63) is 39.6 Å². The first-order chi connectivity index (χ1) is 9.61. The maximum absolute atomic E-state index is 12.8. The molecule has 3 heterocycles. The first-order valence-corrected chi connectivity index (χ1v) is 7.83. The van der Waals surface area contributed by atoms with Gasteiger partial charge < -0.3 is 9.47 Å². The van der Waals surface area contributed by atoms with Crippen LogP contribution >= 0.6 is 11.3 Å². The number of amides is 1. The van der Waals surface area contributed by atoms with Gasteiger partial charge in [-0.1, -0.05) is 6.92 Å². The van der Waals surface area contributed by atoms with Crippen molar-refractivity contribution in [2.75, 3.05) is 6.54 Å². The molecule has 4 nitrogen and oxygen atoms in total. The molecular weight excluding hydrogens is 270 g/mol. The lowest BCUT2D eigenvalue weighted by Crippen LogP contribution is -2.41. The van der Waals surface area contributed by atoms with Crippen LogP contribution in [0.4, 0.5) is 0 Å². The summed E-state index contributed by atoms with van der Waals surface area (Å²) >= 11 is 1.50. The molecule has 20 heavy (non-hydrogen) atoms. The van der Waals surface area contributed by atoms with Gasteiger partial charge in [0.25, 0.3) is 5.91 Å². The zero-order valence-corrected chi connectivity index (χ0v) is 12.9. The molecule has 0 fully saturated rings. The van der Waals surface area contributed by atoms with Crippen molar-refractivity contribution >= 4 is 17.2 Å². The molecule has 5 heteroatoms. The van der Waals surface area contributed by atoms with Crippen LogP contribution in [0.25, 0.3) is 0 Å². The first kappa shape index (κ1) is 13.4. The van der Waals surface area contributed by atoms with Crippen molar-refractivity contribution in [3.63, 3.8) is 0 Å². The summed E-state index contributed by atoms with van der Waals surface area (Å²) in [6, 6.07) is 4.36. The van der Waals surface area contributed by atoms with Crippen LogP contribution in [0, 0.1) is 13.8 Å². The fourth-order valence-electron chi connectivity index (χ4n) is 3.00. The molecule has 3 rings (SSSR count). The summed E-state index contributed by atoms with van der Waals surface area (Å²) in [6.45, 7) is 7.66. The van der Waals surface area contributed by atoms with Gasteiger partial charge in [0.05, 0.1) is 16.7 Å². The van der Waals surface area contributed by atoms with E-state index in [0.29, 0.717) is 0 Å². The highest BCUT2D eigenvalue weighted by Crippen LogP contribution is 2.31. The summed E-state index contributed by atoms with van der Waals surface area (Å²) in [5.41, 5.74) is 2.10. The normalized spacial score (nSPS) is 18.1. The number of aromatic nitrogens is 2. The molecule has 0 radical (unpaired) electrons. The van der Waals surface area contributed by atoms with E-state index in [1.54, 1.807) is 0 Å². The van der Waals surface area contributed by atoms with E-state index >= 15 is 0 Å². The average molecular weight is 289 g/mol. The van der Waals surface area contributed by atoms with E-state index in [4.69, 9.17) is 0 Å². The summed E-state index contributed by atoms with van der Waals surface area (Å²) in [6.07, 6.45) is 3.04. The van der Waals surface area contributed by atoms with Crippen molar-refractivity contribution in [3.8, 4) is 0 Å². The van der Waals surface area contributed by atoms with Crippen molar-refractivity contribution in [1.82, 2.24) is 14.5 Å². The summed E-state index contributed by atoms with van der Waals surface area (Å²) < 4.78 is 2.25. The lowest BCUT2D eigenvalue weighted by molar-refractivity contribution is 0.0622. The Labute approximate surface area is 123 Å². The van der Waals surface area contributed by atoms with Gasteiger partial charge in [-0.2, -0.15) is 0 Å². The molecule has 1 aliphatic heterocycles. The Kier molecular flexibility index (Phi) is 3.38. The fourth-order valence-corrected chi connectivity index (χ4v) is 3.87. The number of fused-ring (bicyclic) bond motifs is 1. The third-order valence-corrected chi connectivity index (χ3v) is 4.97. The van der Waals surface area contributed by atoms with Crippen LogP contribution in [-0.2, 0) is 6.54 Å². The monoisotopic (exact) mass is 289 g/mol. The molecular formula is C15H19N3OS. The minimum Gasteiger partial charge on any atom is -0.348 e. The molecule has 1 unspecified atom stereocenters. The Bertz CT molecular complexity index is 643. The van der Waals surface area contributed by atoms with E-state index in [9.17, 15) is 4.79 Å². The predicted octanol–water partition coefficient (Wildman–Crippen LogP) is 3.17. The van der Waals surface area contributed by atoms with Crippen LogP contribution < -0.4 is 0 Å². The molecule has 0 aromatic carbocycles. The van der Waals surface area contributed by atoms with Crippen molar-refractivity contribution in [2.24, 2.45) is 0 Å². The number of nitrogens with zero attached hydrogens (tertiary/aromatic N) is 3. The van der Waals surface area contributed by atoms with E-state index in [2.05, 4.69) is 34.8 Å². The van der Waals surface area contributed by atoms with Gasteiger partial charge in [-0.05, 0) is 32.4 Å². The fraction of sp³-hybridized carbons (Fsp3) is 0.467. The lowest BCUT2D eigenvalue weighted by atomic mass is 10.1. The predicted molar refractivity (Wildman–Crippen MR) is 80.1 cm³/mol. The molecule has 106 valence electrons. The van der Waals surface area contributed by atoms with Crippen molar-refractivity contribution in [2.45, 2.75) is 39.8 Å². The smallest absolute Gasteiger partial charge is 0.266 e. The van der Waals surface area contributed by atoms with Gasteiger partial charge >= 0.3 is 0 Å². The SMILES string of the molecule is CCC1c2cccn2CCN1C(=O)c1sc(C)nc1C. The number of hydrogen-bond donors (Lipinski definition) is 0. The lowest BCUT2D eigenvalue weighted by Gasteiger charge is -2.36. The van der Waals surface area contributed by atoms with E-state index in [0.717, 1.165) is 35.1 Å². The molecule has 0 bridgehead atoms. The minimum absolute atomic E-state index is 0.132. The maximum Gasteiger partial charge on any atom is 0.266 e. The third kappa shape index (κ3) is 2.06. The molecule has 0 aliphatic carbocycles. The van der Waals surface area contributed by atoms with E-state index in [1.165, 1.54) is 17.0 Å². The Hall–Kier alpha value is -1.62. The average Bonchev–Trinajstić information content (AvgIpc) is 3.02. The van der Waals surface area contributed by atoms with Crippen molar-refractivity contribution in [1.29, 1.82) is 0 Å². The highest BCUT2D eigenvalue weighted by molar-refractivity contribution is 7.13. The molecule has 2 aromatic rings. The number of aryl methyl sites for hydroxylation is 2. The molecule has 1 amide bonds. The summed E-state index contributed by atoms with van der Waals surface area (Å²) in [5.74, 6) is 0.132. The summed E-state index contributed by atoms with van der Waals surface area (Å²) in [7, 11) is 0. The zero-order chi connectivity index (χ0) is 14.3. The van der Waals surface area contributed by atoms with Gasteiger partial charge in [0.15, 0.2) is 0 Å². The number of thiazole rings is 1. The zero-order valence-electron chi connectivity index (χ0n) is 12.1. The van der Waals surface area contributed by atoms with Crippen LogP contribution in [-0.4, -0.2) is 26.9 Å². The number of hydrogen-bond acceptors (Lipinski definition) is 3. The second-order valence-electron chi connectivity index (χ2n) is 5.20. The number of rotatable bonds is 2. The van der Waals surface area contributed by atoms with Crippen LogP contribution in [0.15, 0.2) is 18.3 Å². The number of carbonyl (C=O) groups is 1. The van der Waals surface area contributed by atoms with Gasteiger partial charge in [0.1, 0.15) is 4.88 Å². The van der Waals surface area contributed by atoms with Gasteiger partial charge in [-0.25, -0.2) is 4.98 Å². The highest BCUT2D eigenvalue weighted by Gasteiger charge is 2.31. The molecule has 1 aliphatic rings. The maximum atomic E-state index is 12.8. The minimum atomic E-state index is 0.132. The molecule has 0 saturated heterocycles. The van der Waals surface area contributed by atoms with E-state index in [-0.39, 0.29) is 11.9 Å². The number of carbonyl (C=O) groups excluding carboxylic acids is 1. The van der Waals surface area contributed by atoms with Crippen molar-refractivity contribution < 1.29 is 4.79 Å². The van der Waals surface area contributed by atoms with Gasteiger partial charge in [0.2, 0.25) is 0 Å². The van der Waals surface area contributed by atoms with Crippen LogP contribution in [0.1, 0.15) is 45.5 Å². The Balaban J connectivity index is 1.94. The van der Waals surface area contributed by atoms with Crippen LogP contribution in [0.5, 0.6) is 0 Å². The van der Waals surface area contributed by atoms with Crippen LogP contribution in [0.3, 0.4) is 0 Å². The highest BCUT2D eigenvalue weighted by atomic mass is 32.1. The summed E-state index contributed by atoms with van der Waals surface area (Å²) in [5, 5.41) is 0.958. The van der Waals surface area contributed by atoms with E-state index in [1.807, 2.05) is 18.7 Å². The Morgan fingerprint density at radius 3 is 2.90 bits per heavy atom. The molecule has 1 atom stereocenters. The second-order valence-corrected chi connectivity index (χ2v) is 6.40. The molecule has 2 aromatic heterocycles.